The summed E-state index contributed by atoms with van der Waals surface area (Å²) >= 11 is 0. The molecule has 1 aromatic carbocycles. The van der Waals surface area contributed by atoms with Crippen molar-refractivity contribution in [2.45, 2.75) is 42.7 Å². The van der Waals surface area contributed by atoms with Crippen LogP contribution in [0.3, 0.4) is 0 Å². The predicted octanol–water partition coefficient (Wildman–Crippen LogP) is 1.48. The van der Waals surface area contributed by atoms with Gasteiger partial charge in [-0.05, 0) is 31.0 Å². The van der Waals surface area contributed by atoms with Crippen LogP contribution in [0.2, 0.25) is 0 Å². The SMILES string of the molecule is CN(C1CCCCC1O)S(=O)(=O)c1cccc(C#N)c1. The Bertz CT molecular complexity index is 622. The van der Waals surface area contributed by atoms with E-state index >= 15 is 0 Å². The Labute approximate surface area is 119 Å². The standard InChI is InChI=1S/C14H18N2O3S/c1-16(13-7-2-3-8-14(13)17)20(18,19)12-6-4-5-11(9-12)10-15/h4-6,9,13-14,17H,2-3,7-8H2,1H3. The molecule has 1 saturated carbocycles. The molecule has 0 heterocycles. The third kappa shape index (κ3) is 2.85. The van der Waals surface area contributed by atoms with Crippen LogP contribution < -0.4 is 0 Å². The summed E-state index contributed by atoms with van der Waals surface area (Å²) in [5.74, 6) is 0. The zero-order valence-corrected chi connectivity index (χ0v) is 12.2. The first kappa shape index (κ1) is 15.0. The topological polar surface area (TPSA) is 81.4 Å². The number of hydrogen-bond acceptors (Lipinski definition) is 4. The Morgan fingerprint density at radius 3 is 2.70 bits per heavy atom. The van der Waals surface area contributed by atoms with E-state index in [0.29, 0.717) is 18.4 Å². The monoisotopic (exact) mass is 294 g/mol. The van der Waals surface area contributed by atoms with Gasteiger partial charge in [0.1, 0.15) is 0 Å². The maximum absolute atomic E-state index is 12.6. The molecule has 0 amide bonds. The summed E-state index contributed by atoms with van der Waals surface area (Å²) in [5, 5.41) is 18.9. The first-order chi connectivity index (χ1) is 9.46. The Morgan fingerprint density at radius 1 is 1.35 bits per heavy atom. The van der Waals surface area contributed by atoms with Gasteiger partial charge in [0.15, 0.2) is 0 Å². The highest BCUT2D eigenvalue weighted by Crippen LogP contribution is 2.27. The molecule has 0 saturated heterocycles. The summed E-state index contributed by atoms with van der Waals surface area (Å²) in [6, 6.07) is 7.50. The van der Waals surface area contributed by atoms with Crippen LogP contribution in [0.1, 0.15) is 31.2 Å². The van der Waals surface area contributed by atoms with Crippen molar-refractivity contribution in [3.8, 4) is 6.07 Å². The minimum atomic E-state index is -3.68. The molecule has 20 heavy (non-hydrogen) atoms. The van der Waals surface area contributed by atoms with E-state index in [1.54, 1.807) is 12.1 Å². The Balaban J connectivity index is 2.31. The Hall–Kier alpha value is -1.42. The lowest BCUT2D eigenvalue weighted by molar-refractivity contribution is 0.0638. The number of sulfonamides is 1. The fourth-order valence-corrected chi connectivity index (χ4v) is 4.05. The van der Waals surface area contributed by atoms with E-state index in [1.807, 2.05) is 6.07 Å². The highest BCUT2D eigenvalue weighted by Gasteiger charge is 2.34. The molecule has 1 N–H and O–H groups in total. The number of likely N-dealkylation sites (N-methyl/N-ethyl adjacent to an activating group) is 1. The second-order valence-electron chi connectivity index (χ2n) is 5.08. The second-order valence-corrected chi connectivity index (χ2v) is 7.08. The third-order valence-electron chi connectivity index (χ3n) is 3.80. The number of nitriles is 1. The van der Waals surface area contributed by atoms with Gasteiger partial charge in [-0.15, -0.1) is 0 Å². The fraction of sp³-hybridized carbons (Fsp3) is 0.500. The van der Waals surface area contributed by atoms with Crippen LogP contribution in [0.15, 0.2) is 29.2 Å². The van der Waals surface area contributed by atoms with Gasteiger partial charge in [0, 0.05) is 7.05 Å². The van der Waals surface area contributed by atoms with Gasteiger partial charge in [-0.3, -0.25) is 0 Å². The van der Waals surface area contributed by atoms with E-state index in [2.05, 4.69) is 0 Å². The lowest BCUT2D eigenvalue weighted by Crippen LogP contribution is -2.46. The van der Waals surface area contributed by atoms with Gasteiger partial charge in [-0.25, -0.2) is 8.42 Å². The number of rotatable bonds is 3. The van der Waals surface area contributed by atoms with E-state index in [-0.39, 0.29) is 10.9 Å². The largest absolute Gasteiger partial charge is 0.391 e. The molecule has 2 rings (SSSR count). The van der Waals surface area contributed by atoms with Crippen LogP contribution in [-0.2, 0) is 10.0 Å². The van der Waals surface area contributed by atoms with Crippen LogP contribution in [-0.4, -0.2) is 37.0 Å². The highest BCUT2D eigenvalue weighted by molar-refractivity contribution is 7.89. The van der Waals surface area contributed by atoms with Gasteiger partial charge in [0.2, 0.25) is 10.0 Å². The molecule has 5 nitrogen and oxygen atoms in total. The van der Waals surface area contributed by atoms with Crippen molar-refractivity contribution in [3.63, 3.8) is 0 Å². The van der Waals surface area contributed by atoms with Gasteiger partial charge >= 0.3 is 0 Å². The summed E-state index contributed by atoms with van der Waals surface area (Å²) in [6.07, 6.45) is 2.51. The van der Waals surface area contributed by atoms with E-state index < -0.39 is 16.1 Å². The average Bonchev–Trinajstić information content (AvgIpc) is 2.47. The summed E-state index contributed by atoms with van der Waals surface area (Å²) in [7, 11) is -2.19. The number of hydrogen-bond donors (Lipinski definition) is 1. The smallest absolute Gasteiger partial charge is 0.243 e. The molecule has 0 aromatic heterocycles. The summed E-state index contributed by atoms with van der Waals surface area (Å²) < 4.78 is 26.3. The molecule has 1 fully saturated rings. The van der Waals surface area contributed by atoms with Crippen molar-refractivity contribution in [2.75, 3.05) is 7.05 Å². The molecule has 0 aliphatic heterocycles. The second kappa shape index (κ2) is 5.92. The summed E-state index contributed by atoms with van der Waals surface area (Å²) in [6.45, 7) is 0. The first-order valence-electron chi connectivity index (χ1n) is 6.63. The minimum Gasteiger partial charge on any atom is -0.391 e. The quantitative estimate of drug-likeness (QED) is 0.915. The number of benzene rings is 1. The van der Waals surface area contributed by atoms with Crippen molar-refractivity contribution in [1.29, 1.82) is 5.26 Å². The van der Waals surface area contributed by atoms with Crippen LogP contribution in [0.5, 0.6) is 0 Å². The molecule has 0 radical (unpaired) electrons. The molecule has 6 heteroatoms. The zero-order chi connectivity index (χ0) is 14.8. The molecule has 1 aromatic rings. The third-order valence-corrected chi connectivity index (χ3v) is 5.68. The molecular formula is C14H18N2O3S. The predicted molar refractivity (Wildman–Crippen MR) is 74.4 cm³/mol. The number of nitrogens with zero attached hydrogens (tertiary/aromatic N) is 2. The van der Waals surface area contributed by atoms with E-state index in [4.69, 9.17) is 5.26 Å². The normalized spacial score (nSPS) is 23.5. The summed E-state index contributed by atoms with van der Waals surface area (Å²) in [5.41, 5.74) is 0.309. The van der Waals surface area contributed by atoms with Crippen molar-refractivity contribution >= 4 is 10.0 Å². The molecule has 108 valence electrons. The molecule has 1 aliphatic carbocycles. The van der Waals surface area contributed by atoms with Gasteiger partial charge in [0.05, 0.1) is 28.7 Å². The van der Waals surface area contributed by atoms with Crippen molar-refractivity contribution in [2.24, 2.45) is 0 Å². The van der Waals surface area contributed by atoms with Gasteiger partial charge in [0.25, 0.3) is 0 Å². The molecule has 0 bridgehead atoms. The Morgan fingerprint density at radius 2 is 2.05 bits per heavy atom. The lowest BCUT2D eigenvalue weighted by Gasteiger charge is -2.34. The number of aliphatic hydroxyl groups excluding tert-OH is 1. The maximum atomic E-state index is 12.6. The van der Waals surface area contributed by atoms with Crippen LogP contribution in [0.4, 0.5) is 0 Å². The summed E-state index contributed by atoms with van der Waals surface area (Å²) in [4.78, 5) is 0.0943. The van der Waals surface area contributed by atoms with E-state index in [0.717, 1.165) is 12.8 Å². The molecule has 0 spiro atoms. The number of aliphatic hydroxyl groups is 1. The molecule has 2 unspecified atom stereocenters. The van der Waals surface area contributed by atoms with Crippen molar-refractivity contribution in [3.05, 3.63) is 29.8 Å². The highest BCUT2D eigenvalue weighted by atomic mass is 32.2. The Kier molecular flexibility index (Phi) is 4.43. The van der Waals surface area contributed by atoms with Gasteiger partial charge in [-0.1, -0.05) is 18.9 Å². The zero-order valence-electron chi connectivity index (χ0n) is 11.4. The molecule has 2 atom stereocenters. The maximum Gasteiger partial charge on any atom is 0.243 e. The fourth-order valence-electron chi connectivity index (χ4n) is 2.59. The van der Waals surface area contributed by atoms with Crippen LogP contribution >= 0.6 is 0 Å². The van der Waals surface area contributed by atoms with Gasteiger partial charge < -0.3 is 5.11 Å². The van der Waals surface area contributed by atoms with E-state index in [1.165, 1.54) is 23.5 Å². The molecule has 1 aliphatic rings. The van der Waals surface area contributed by atoms with E-state index in [9.17, 15) is 13.5 Å². The minimum absolute atomic E-state index is 0.0943. The lowest BCUT2D eigenvalue weighted by atomic mass is 9.93. The van der Waals surface area contributed by atoms with Crippen LogP contribution in [0.25, 0.3) is 0 Å². The van der Waals surface area contributed by atoms with Crippen molar-refractivity contribution in [1.82, 2.24) is 4.31 Å². The van der Waals surface area contributed by atoms with Gasteiger partial charge in [-0.2, -0.15) is 9.57 Å². The van der Waals surface area contributed by atoms with Crippen LogP contribution in [0, 0.1) is 11.3 Å². The molecular weight excluding hydrogens is 276 g/mol. The first-order valence-corrected chi connectivity index (χ1v) is 8.07. The van der Waals surface area contributed by atoms with Crippen molar-refractivity contribution < 1.29 is 13.5 Å². The average molecular weight is 294 g/mol.